The first-order valence-corrected chi connectivity index (χ1v) is 42.7. The average Bonchev–Trinajstić information content (AvgIpc) is 1.78. The number of carbonyl (C=O) groups is 14. The number of carboxylic acid groups (broad SMARTS) is 1. The number of unbranched alkanes of at least 4 members (excludes halogenated alkanes) is 1. The van der Waals surface area contributed by atoms with E-state index in [2.05, 4.69) is 54.4 Å². The number of ketones is 8. The topological polar surface area (TPSA) is 453 Å². The molecule has 6 aromatic rings. The molecule has 0 fully saturated rings. The van der Waals surface area contributed by atoms with Crippen LogP contribution < -0.4 is 26.7 Å². The van der Waals surface area contributed by atoms with Crippen LogP contribution in [0.4, 0.5) is 0 Å². The average molecular weight is 1770 g/mol. The summed E-state index contributed by atoms with van der Waals surface area (Å²) in [6.45, 7) is 41.4. The number of aromatic amines is 1. The predicted octanol–water partition coefficient (Wildman–Crippen LogP) is 16.6. The minimum absolute atomic E-state index is 0.0376. The van der Waals surface area contributed by atoms with Gasteiger partial charge < -0.3 is 65.7 Å². The SMILES string of the molecule is CC(=O)Oc1ccccc1C(=O)C(C)(C)C.CC(C)C(=O)C(N)CCC(=O)O.CC(C)C(=O)CCCCC(=O)c1cccnc1.CC(C)C(=O)CCCN.CC(C)C(=O)[C@@H](N)Cc1c[nH]c2ccc(O)cc12.CC(C)C(=O)c1ccccc1OC(=O)c1ccccc1O.CC(C)CC[N+](C)(C)C.COC(=O)/C=C/C(=O)C(C)C.COC(=O)/C=C/C(=O)OCC(C)(C)C. The molecule has 1 unspecified atom stereocenters. The normalized spacial score (nSPS) is 11.4. The molecule has 4 aromatic carbocycles. The largest absolute Gasteiger partial charge is 0.508 e. The zero-order chi connectivity index (χ0) is 98.2. The van der Waals surface area contributed by atoms with Crippen LogP contribution in [0.2, 0.25) is 0 Å². The fraction of sp³-hybridized carbons (Fsp3) is 0.505. The molecule has 2 aromatic heterocycles. The van der Waals surface area contributed by atoms with E-state index in [1.165, 1.54) is 52.3 Å². The number of ether oxygens (including phenoxy) is 5. The Kier molecular flexibility index (Phi) is 60.0. The number of carbonyl (C=O) groups excluding carboxylic acids is 13. The van der Waals surface area contributed by atoms with Crippen molar-refractivity contribution in [1.29, 1.82) is 0 Å². The zero-order valence-corrected chi connectivity index (χ0v) is 80.0. The molecule has 6 rings (SSSR count). The number of phenols is 2. The van der Waals surface area contributed by atoms with E-state index in [4.69, 9.17) is 36.5 Å². The van der Waals surface area contributed by atoms with Crippen LogP contribution in [-0.4, -0.2) is 179 Å². The number of hydrogen-bond acceptors (Lipinski definition) is 25. The van der Waals surface area contributed by atoms with Crippen molar-refractivity contribution in [2.45, 2.75) is 222 Å². The minimum Gasteiger partial charge on any atom is -0.508 e. The Morgan fingerprint density at radius 1 is 0.535 bits per heavy atom. The first-order chi connectivity index (χ1) is 58.9. The first kappa shape index (κ1) is 120. The van der Waals surface area contributed by atoms with Gasteiger partial charge in [0.05, 0.1) is 71.7 Å². The van der Waals surface area contributed by atoms with Crippen molar-refractivity contribution in [3.63, 3.8) is 0 Å². The smallest absolute Gasteiger partial charge is 0.347 e. The van der Waals surface area contributed by atoms with Gasteiger partial charge in [-0.2, -0.15) is 0 Å². The number of esters is 5. The lowest BCUT2D eigenvalue weighted by atomic mass is 9.86. The number of aromatic hydroxyl groups is 2. The van der Waals surface area contributed by atoms with E-state index in [1.807, 2.05) is 95.3 Å². The molecule has 28 heteroatoms. The van der Waals surface area contributed by atoms with Crippen LogP contribution in [-0.2, 0) is 68.6 Å². The van der Waals surface area contributed by atoms with E-state index in [0.717, 1.165) is 64.4 Å². The van der Waals surface area contributed by atoms with E-state index in [9.17, 15) is 77.3 Å². The van der Waals surface area contributed by atoms with Gasteiger partial charge in [0.1, 0.15) is 40.1 Å². The fourth-order valence-corrected chi connectivity index (χ4v) is 9.83. The highest BCUT2D eigenvalue weighted by Crippen LogP contribution is 2.29. The number of nitrogens with zero attached hydrogens (tertiary/aromatic N) is 2. The molecule has 0 amide bonds. The number of Topliss-reactive ketones (excluding diaryl/α,β-unsaturated/α-hetero) is 7. The van der Waals surface area contributed by atoms with Gasteiger partial charge in [0.2, 0.25) is 0 Å². The molecule has 704 valence electrons. The van der Waals surface area contributed by atoms with Crippen LogP contribution in [0, 0.1) is 52.3 Å². The van der Waals surface area contributed by atoms with Crippen LogP contribution in [0.25, 0.3) is 10.9 Å². The molecule has 0 saturated carbocycles. The second kappa shape index (κ2) is 63.6. The first-order valence-electron chi connectivity index (χ1n) is 42.7. The van der Waals surface area contributed by atoms with Gasteiger partial charge in [0.15, 0.2) is 34.7 Å². The summed E-state index contributed by atoms with van der Waals surface area (Å²) in [6.07, 6.45) is 15.7. The van der Waals surface area contributed by atoms with E-state index in [0.29, 0.717) is 67.1 Å². The Morgan fingerprint density at radius 2 is 1.02 bits per heavy atom. The van der Waals surface area contributed by atoms with Gasteiger partial charge in [0, 0.05) is 127 Å². The summed E-state index contributed by atoms with van der Waals surface area (Å²) in [5.41, 5.74) is 19.4. The molecular weight excluding hydrogens is 1630 g/mol. The number of fused-ring (bicyclic) bond motifs is 1. The van der Waals surface area contributed by atoms with E-state index >= 15 is 0 Å². The molecule has 28 nitrogen and oxygen atoms in total. The molecule has 0 spiro atoms. The van der Waals surface area contributed by atoms with Gasteiger partial charge in [-0.1, -0.05) is 175 Å². The van der Waals surface area contributed by atoms with Crippen molar-refractivity contribution in [3.05, 3.63) is 174 Å². The molecule has 0 bridgehead atoms. The molecule has 0 aliphatic rings. The molecule has 2 heterocycles. The van der Waals surface area contributed by atoms with Gasteiger partial charge in [-0.05, 0) is 135 Å². The lowest BCUT2D eigenvalue weighted by Gasteiger charge is -2.24. The van der Waals surface area contributed by atoms with Crippen LogP contribution in [0.1, 0.15) is 250 Å². The lowest BCUT2D eigenvalue weighted by molar-refractivity contribution is -0.870. The van der Waals surface area contributed by atoms with Crippen LogP contribution in [0.3, 0.4) is 0 Å². The van der Waals surface area contributed by atoms with E-state index in [-0.39, 0.29) is 117 Å². The third-order valence-corrected chi connectivity index (χ3v) is 17.5. The highest BCUT2D eigenvalue weighted by atomic mass is 16.5. The number of carboxylic acids is 1. The molecule has 0 aliphatic heterocycles. The number of pyridine rings is 1. The van der Waals surface area contributed by atoms with Crippen molar-refractivity contribution in [2.24, 2.45) is 69.5 Å². The Labute approximate surface area is 752 Å². The van der Waals surface area contributed by atoms with Gasteiger partial charge in [-0.3, -0.25) is 52.9 Å². The summed E-state index contributed by atoms with van der Waals surface area (Å²) in [5.74, 6) is -1.90. The second-order valence-corrected chi connectivity index (χ2v) is 35.2. The number of nitrogens with two attached hydrogens (primary N) is 3. The predicted molar refractivity (Wildman–Crippen MR) is 496 cm³/mol. The summed E-state index contributed by atoms with van der Waals surface area (Å²) in [5, 5.41) is 28.4. The summed E-state index contributed by atoms with van der Waals surface area (Å²) in [7, 11) is 9.23. The van der Waals surface area contributed by atoms with Crippen molar-refractivity contribution in [2.75, 3.05) is 55.1 Å². The number of aromatic nitrogens is 2. The highest BCUT2D eigenvalue weighted by Gasteiger charge is 2.27. The quantitative estimate of drug-likeness (QED) is 0.00369. The maximum atomic E-state index is 12.1. The number of para-hydroxylation sites is 3. The van der Waals surface area contributed by atoms with Crippen LogP contribution >= 0.6 is 0 Å². The number of quaternary nitrogens is 1. The second-order valence-electron chi connectivity index (χ2n) is 35.2. The number of benzene rings is 4. The molecule has 2 atom stereocenters. The lowest BCUT2D eigenvalue weighted by Crippen LogP contribution is -2.35. The van der Waals surface area contributed by atoms with Gasteiger partial charge in [-0.25, -0.2) is 19.2 Å². The van der Waals surface area contributed by atoms with Gasteiger partial charge >= 0.3 is 35.8 Å². The summed E-state index contributed by atoms with van der Waals surface area (Å²) < 4.78 is 24.8. The summed E-state index contributed by atoms with van der Waals surface area (Å²) in [6, 6.07) is 27.0. The number of phenolic OH excluding ortho intramolecular Hbond substituents is 2. The van der Waals surface area contributed by atoms with Crippen molar-refractivity contribution >= 4 is 93.0 Å². The number of methoxy groups -OCH3 is 2. The maximum Gasteiger partial charge on any atom is 0.347 e. The molecular formula is C99H147N6O22+. The van der Waals surface area contributed by atoms with Crippen molar-refractivity contribution in [1.82, 2.24) is 9.97 Å². The summed E-state index contributed by atoms with van der Waals surface area (Å²) >= 11 is 0. The Hall–Kier alpha value is -11.3. The van der Waals surface area contributed by atoms with Gasteiger partial charge in [-0.15, -0.1) is 0 Å². The van der Waals surface area contributed by atoms with E-state index in [1.54, 1.807) is 139 Å². The highest BCUT2D eigenvalue weighted by molar-refractivity contribution is 6.03. The molecule has 0 saturated heterocycles. The zero-order valence-electron chi connectivity index (χ0n) is 80.0. The number of H-pyrrole nitrogens is 1. The standard InChI is InChI=1S/C17H16O4.C14H18N2O2.C14H19NO2.C13H16O3.C10H16O4.C8H15NO3.C8H20N.C8H12O3.C7H15NO/c1-11(2)16(19)13-8-4-6-10-15(13)21-17(20)12-7-3-5-9-14(12)18;1-8(2)14(18)12(15)5-9-7-16-13-4-3-10(17)6-11(9)13;1-11(2)13(16)7-3-4-8-14(17)12-6-5-9-15-10-12;1-9(14)16-11-8-6-5-7-10(11)12(15)13(2,3)4;1-10(2,3)7-14-9(12)6-5-8(11)13-4;1-5(2)8(12)6(9)3-4-7(10)11;1-8(2)6-7-9(3,4)5;1-6(2)7(9)4-5-8(10)11-3;1-6(2)7(9)4-3-5-8/h3-11,18H,1-2H3;3-4,6-8,12,16-17H,5,15H2,1-2H3;5-6,9-11H,3-4,7-8H2,1-2H3;5-8H,1-4H3;5-6H,7H2,1-4H3;5-6H,3-4,9H2,1-2H3,(H,10,11);8H,6-7H2,1-5H3;4-6H,1-3H3;6H,3-5,8H2,1-2H3/q;;;;;;+1;;/b;;;;6-5+;;;5-4+;/t;12-;;;;;;;/m.0......./s1. The van der Waals surface area contributed by atoms with E-state index < -0.39 is 53.3 Å². The van der Waals surface area contributed by atoms with Crippen molar-refractivity contribution in [3.8, 4) is 23.0 Å². The van der Waals surface area contributed by atoms with Crippen LogP contribution in [0.15, 0.2) is 146 Å². The Morgan fingerprint density at radius 3 is 1.46 bits per heavy atom. The third-order valence-electron chi connectivity index (χ3n) is 17.5. The van der Waals surface area contributed by atoms with Crippen molar-refractivity contribution < 1.29 is 111 Å². The molecule has 0 radical (unpaired) electrons. The number of aliphatic carboxylic acids is 1. The Bertz CT molecular complexity index is 4450. The number of nitrogens with one attached hydrogen (secondary N) is 1. The van der Waals surface area contributed by atoms with Crippen LogP contribution in [0.5, 0.6) is 23.0 Å². The number of allylic oxidation sites excluding steroid dienone is 1. The minimum atomic E-state index is -0.915. The Balaban J connectivity index is -0.00000138. The third kappa shape index (κ3) is 57.1. The van der Waals surface area contributed by atoms with Gasteiger partial charge in [0.25, 0.3) is 0 Å². The number of hydrogen-bond donors (Lipinski definition) is 7. The summed E-state index contributed by atoms with van der Waals surface area (Å²) in [4.78, 5) is 164. The number of rotatable bonds is 35. The monoisotopic (exact) mass is 1770 g/mol. The molecule has 127 heavy (non-hydrogen) atoms. The molecule has 10 N–H and O–H groups in total. The molecule has 0 aliphatic carbocycles. The maximum absolute atomic E-state index is 12.1. The fourth-order valence-electron chi connectivity index (χ4n) is 9.83.